The van der Waals surface area contributed by atoms with Gasteiger partial charge in [-0.2, -0.15) is 5.26 Å². The summed E-state index contributed by atoms with van der Waals surface area (Å²) in [5, 5.41) is 8.80. The fourth-order valence-corrected chi connectivity index (χ4v) is 1.96. The van der Waals surface area contributed by atoms with E-state index in [1.165, 1.54) is 0 Å². The van der Waals surface area contributed by atoms with Gasteiger partial charge >= 0.3 is 0 Å². The van der Waals surface area contributed by atoms with Gasteiger partial charge in [0.05, 0.1) is 11.6 Å². The fraction of sp³-hybridized carbons (Fsp3) is 0.167. The lowest BCUT2D eigenvalue weighted by molar-refractivity contribution is 0.851. The van der Waals surface area contributed by atoms with E-state index in [4.69, 9.17) is 74.9 Å². The zero-order valence-corrected chi connectivity index (χ0v) is 14.9. The molecule has 0 atom stereocenters. The van der Waals surface area contributed by atoms with Crippen molar-refractivity contribution in [3.05, 3.63) is 41.5 Å². The van der Waals surface area contributed by atoms with Crippen LogP contribution in [-0.4, -0.2) is 15.0 Å². The molecule has 0 N–H and O–H groups in total. The van der Waals surface area contributed by atoms with Gasteiger partial charge in [-0.15, -0.1) is 0 Å². The molecule has 2 rings (SSSR count). The van der Waals surface area contributed by atoms with Gasteiger partial charge in [0.25, 0.3) is 0 Å². The normalized spacial score (nSPS) is 12.0. The van der Waals surface area contributed by atoms with Crippen molar-refractivity contribution in [3.8, 4) is 17.5 Å². The lowest BCUT2D eigenvalue weighted by Crippen LogP contribution is -2.16. The molecule has 114 valence electrons. The number of rotatable bonds is 1. The van der Waals surface area contributed by atoms with E-state index in [1.807, 2.05) is 6.07 Å². The zero-order valence-electron chi connectivity index (χ0n) is 10.4. The van der Waals surface area contributed by atoms with Crippen LogP contribution in [0.2, 0.25) is 0 Å². The van der Waals surface area contributed by atoms with E-state index < -0.39 is 7.59 Å². The van der Waals surface area contributed by atoms with E-state index in [0.717, 1.165) is 0 Å². The third-order valence-corrected chi connectivity index (χ3v) is 3.43. The van der Waals surface area contributed by atoms with Gasteiger partial charge in [0.1, 0.15) is 0 Å². The Hall–Kier alpha value is -0.540. The summed E-state index contributed by atoms with van der Waals surface area (Å²) in [7, 11) is 0. The molecule has 0 saturated carbocycles. The van der Waals surface area contributed by atoms with Gasteiger partial charge < -0.3 is 0 Å². The maximum Gasteiger partial charge on any atom is 0.250 e. The van der Waals surface area contributed by atoms with Crippen molar-refractivity contribution in [1.82, 2.24) is 15.0 Å². The SMILES string of the molecule is N#Cc1ccc(-c2nc(C(Cl)(Cl)Cl)nc(C(Cl)(Cl)Cl)n2)cc1. The molecular weight excluding hydrogens is 413 g/mol. The predicted octanol–water partition coefficient (Wildman–Crippen LogP) is 5.06. The van der Waals surface area contributed by atoms with Crippen molar-refractivity contribution in [2.45, 2.75) is 7.59 Å². The van der Waals surface area contributed by atoms with Crippen LogP contribution in [0, 0.1) is 11.3 Å². The molecule has 0 unspecified atom stereocenters. The van der Waals surface area contributed by atoms with Crippen molar-refractivity contribution in [2.24, 2.45) is 0 Å². The Labute approximate surface area is 155 Å². The standard InChI is InChI=1S/C12H4Cl6N4/c13-11(14,15)9-20-8(21-10(22-9)12(16,17)18)7-3-1-6(5-19)2-4-7/h1-4H. The third-order valence-electron chi connectivity index (χ3n) is 2.41. The second-order valence-corrected chi connectivity index (χ2v) is 8.55. The number of hydrogen-bond donors (Lipinski definition) is 0. The zero-order chi connectivity index (χ0) is 16.5. The lowest BCUT2D eigenvalue weighted by Gasteiger charge is -2.15. The maximum atomic E-state index is 8.80. The van der Waals surface area contributed by atoms with Crippen LogP contribution in [0.1, 0.15) is 17.2 Å². The minimum absolute atomic E-state index is 0.155. The van der Waals surface area contributed by atoms with E-state index in [1.54, 1.807) is 24.3 Å². The summed E-state index contributed by atoms with van der Waals surface area (Å²) in [5.74, 6) is -0.191. The molecule has 0 fully saturated rings. The first-order valence-electron chi connectivity index (χ1n) is 5.52. The molecule has 0 spiro atoms. The van der Waals surface area contributed by atoms with Gasteiger partial charge in [-0.3, -0.25) is 0 Å². The topological polar surface area (TPSA) is 62.5 Å². The molecular formula is C12H4Cl6N4. The van der Waals surface area contributed by atoms with Crippen molar-refractivity contribution < 1.29 is 0 Å². The Balaban J connectivity index is 2.62. The van der Waals surface area contributed by atoms with Gasteiger partial charge in [0, 0.05) is 5.56 Å². The molecule has 0 aliphatic heterocycles. The molecule has 0 aliphatic rings. The van der Waals surface area contributed by atoms with Gasteiger partial charge in [0.2, 0.25) is 7.59 Å². The van der Waals surface area contributed by atoms with Crippen LogP contribution in [0.4, 0.5) is 0 Å². The highest BCUT2D eigenvalue weighted by Crippen LogP contribution is 2.40. The van der Waals surface area contributed by atoms with Crippen molar-refractivity contribution >= 4 is 69.6 Å². The largest absolute Gasteiger partial charge is 0.250 e. The van der Waals surface area contributed by atoms with E-state index in [2.05, 4.69) is 15.0 Å². The van der Waals surface area contributed by atoms with E-state index in [9.17, 15) is 0 Å². The van der Waals surface area contributed by atoms with Crippen molar-refractivity contribution in [3.63, 3.8) is 0 Å². The molecule has 1 aromatic heterocycles. The van der Waals surface area contributed by atoms with Gasteiger partial charge in [0.15, 0.2) is 17.5 Å². The first-order chi connectivity index (χ1) is 10.1. The molecule has 1 heterocycles. The molecule has 1 aromatic carbocycles. The van der Waals surface area contributed by atoms with Crippen LogP contribution in [0.25, 0.3) is 11.4 Å². The van der Waals surface area contributed by atoms with Gasteiger partial charge in [-0.25, -0.2) is 15.0 Å². The lowest BCUT2D eigenvalue weighted by atomic mass is 10.1. The molecule has 0 aliphatic carbocycles. The minimum atomic E-state index is -1.91. The summed E-state index contributed by atoms with van der Waals surface area (Å²) in [5.41, 5.74) is 1.02. The van der Waals surface area contributed by atoms with Crippen LogP contribution in [-0.2, 0) is 7.59 Å². The quantitative estimate of drug-likeness (QED) is 0.609. The van der Waals surface area contributed by atoms with Crippen LogP contribution >= 0.6 is 69.6 Å². The number of benzene rings is 1. The van der Waals surface area contributed by atoms with Crippen LogP contribution in [0.3, 0.4) is 0 Å². The van der Waals surface area contributed by atoms with Gasteiger partial charge in [-0.05, 0) is 24.3 Å². The number of aromatic nitrogens is 3. The Bertz CT molecular complexity index is 695. The molecule has 10 heteroatoms. The Morgan fingerprint density at radius 2 is 1.23 bits per heavy atom. The number of hydrogen-bond acceptors (Lipinski definition) is 4. The Morgan fingerprint density at radius 3 is 1.59 bits per heavy atom. The fourth-order valence-electron chi connectivity index (χ4n) is 1.45. The molecule has 4 nitrogen and oxygen atoms in total. The third kappa shape index (κ3) is 4.26. The molecule has 0 bridgehead atoms. The first-order valence-corrected chi connectivity index (χ1v) is 7.79. The van der Waals surface area contributed by atoms with E-state index in [0.29, 0.717) is 11.1 Å². The van der Waals surface area contributed by atoms with Gasteiger partial charge in [-0.1, -0.05) is 69.6 Å². The highest BCUT2D eigenvalue weighted by atomic mass is 35.6. The number of nitriles is 1. The van der Waals surface area contributed by atoms with Crippen molar-refractivity contribution in [1.29, 1.82) is 5.26 Å². The number of alkyl halides is 6. The predicted molar refractivity (Wildman–Crippen MR) is 88.5 cm³/mol. The monoisotopic (exact) mass is 414 g/mol. The summed E-state index contributed by atoms with van der Waals surface area (Å²) in [4.78, 5) is 12.0. The smallest absolute Gasteiger partial charge is 0.209 e. The van der Waals surface area contributed by atoms with Crippen LogP contribution in [0.5, 0.6) is 0 Å². The summed E-state index contributed by atoms with van der Waals surface area (Å²) in [6.07, 6.45) is 0. The molecule has 0 amide bonds. The van der Waals surface area contributed by atoms with Crippen LogP contribution < -0.4 is 0 Å². The van der Waals surface area contributed by atoms with Crippen molar-refractivity contribution in [2.75, 3.05) is 0 Å². The Kier molecular flexibility index (Phi) is 5.28. The maximum absolute atomic E-state index is 8.80. The summed E-state index contributed by atoms with van der Waals surface area (Å²) in [6.45, 7) is 0. The summed E-state index contributed by atoms with van der Waals surface area (Å²) < 4.78 is -3.82. The molecule has 0 saturated heterocycles. The molecule has 0 radical (unpaired) electrons. The van der Waals surface area contributed by atoms with E-state index in [-0.39, 0.29) is 17.5 Å². The average Bonchev–Trinajstić information content (AvgIpc) is 2.45. The molecule has 22 heavy (non-hydrogen) atoms. The van der Waals surface area contributed by atoms with Crippen LogP contribution in [0.15, 0.2) is 24.3 Å². The minimum Gasteiger partial charge on any atom is -0.209 e. The highest BCUT2D eigenvalue weighted by molar-refractivity contribution is 6.67. The highest BCUT2D eigenvalue weighted by Gasteiger charge is 2.33. The Morgan fingerprint density at radius 1 is 0.773 bits per heavy atom. The average molecular weight is 417 g/mol. The molecule has 2 aromatic rings. The van der Waals surface area contributed by atoms with E-state index >= 15 is 0 Å². The first kappa shape index (κ1) is 17.8. The number of nitrogens with zero attached hydrogens (tertiary/aromatic N) is 4. The second-order valence-electron chi connectivity index (χ2n) is 3.99. The summed E-state index contributed by atoms with van der Waals surface area (Å²) in [6, 6.07) is 8.42. The summed E-state index contributed by atoms with van der Waals surface area (Å²) >= 11 is 34.8. The second kappa shape index (κ2) is 6.52. The number of halogens is 6.